The monoisotopic (exact) mass is 400 g/mol. The molecule has 8 heteroatoms. The van der Waals surface area contributed by atoms with Crippen LogP contribution in [0.3, 0.4) is 0 Å². The lowest BCUT2D eigenvalue weighted by molar-refractivity contribution is -0.144. The van der Waals surface area contributed by atoms with Crippen molar-refractivity contribution in [3.8, 4) is 11.5 Å². The summed E-state index contributed by atoms with van der Waals surface area (Å²) < 4.78 is 16.3. The maximum atomic E-state index is 12.1. The molecule has 0 bridgehead atoms. The molecule has 0 saturated carbocycles. The van der Waals surface area contributed by atoms with Crippen molar-refractivity contribution in [1.82, 2.24) is 9.97 Å². The Morgan fingerprint density at radius 2 is 2.04 bits per heavy atom. The van der Waals surface area contributed by atoms with E-state index < -0.39 is 5.97 Å². The number of aryl methyl sites for hydroxylation is 1. The second-order valence-electron chi connectivity index (χ2n) is 6.29. The van der Waals surface area contributed by atoms with Gasteiger partial charge in [-0.2, -0.15) is 0 Å². The number of nitrogens with zero attached hydrogens (tertiary/aromatic N) is 1. The predicted octanol–water partition coefficient (Wildman–Crippen LogP) is 3.02. The number of fused-ring (bicyclic) bond motifs is 2. The number of halogens is 1. The molecule has 2 heterocycles. The van der Waals surface area contributed by atoms with Gasteiger partial charge in [-0.3, -0.25) is 9.59 Å². The molecule has 0 saturated heterocycles. The SMILES string of the molecule is O=C(CCc1nc2ccccc2c(=O)[nH]1)OCc1cc(Cl)c2c(c1)OCCO2. The van der Waals surface area contributed by atoms with E-state index in [2.05, 4.69) is 9.97 Å². The van der Waals surface area contributed by atoms with Crippen LogP contribution >= 0.6 is 11.6 Å². The van der Waals surface area contributed by atoms with E-state index in [4.69, 9.17) is 25.8 Å². The number of H-pyrrole nitrogens is 1. The van der Waals surface area contributed by atoms with Gasteiger partial charge in [-0.1, -0.05) is 23.7 Å². The van der Waals surface area contributed by atoms with Gasteiger partial charge in [0, 0.05) is 6.42 Å². The maximum Gasteiger partial charge on any atom is 0.306 e. The van der Waals surface area contributed by atoms with Crippen molar-refractivity contribution in [2.75, 3.05) is 13.2 Å². The van der Waals surface area contributed by atoms with Gasteiger partial charge in [0.15, 0.2) is 11.5 Å². The van der Waals surface area contributed by atoms with Gasteiger partial charge in [-0.25, -0.2) is 4.98 Å². The number of ether oxygens (including phenoxy) is 3. The van der Waals surface area contributed by atoms with Crippen LogP contribution in [-0.2, 0) is 22.6 Å². The molecule has 7 nitrogen and oxygen atoms in total. The van der Waals surface area contributed by atoms with Gasteiger partial charge in [0.25, 0.3) is 5.56 Å². The zero-order valence-corrected chi connectivity index (χ0v) is 15.6. The molecule has 0 radical (unpaired) electrons. The largest absolute Gasteiger partial charge is 0.486 e. The summed E-state index contributed by atoms with van der Waals surface area (Å²) in [5.74, 6) is 1.10. The van der Waals surface area contributed by atoms with E-state index in [0.29, 0.717) is 52.0 Å². The second-order valence-corrected chi connectivity index (χ2v) is 6.70. The fourth-order valence-electron chi connectivity index (χ4n) is 2.96. The number of nitrogens with one attached hydrogen (secondary N) is 1. The number of hydrogen-bond donors (Lipinski definition) is 1. The number of aromatic nitrogens is 2. The average molecular weight is 401 g/mol. The summed E-state index contributed by atoms with van der Waals surface area (Å²) in [5.41, 5.74) is 1.08. The quantitative estimate of drug-likeness (QED) is 0.662. The Hall–Kier alpha value is -3.06. The van der Waals surface area contributed by atoms with Gasteiger partial charge in [-0.15, -0.1) is 0 Å². The van der Waals surface area contributed by atoms with Crippen molar-refractivity contribution in [2.45, 2.75) is 19.4 Å². The predicted molar refractivity (Wildman–Crippen MR) is 103 cm³/mol. The first-order valence-corrected chi connectivity index (χ1v) is 9.19. The van der Waals surface area contributed by atoms with Crippen molar-refractivity contribution in [1.29, 1.82) is 0 Å². The van der Waals surface area contributed by atoms with Crippen LogP contribution in [0.1, 0.15) is 17.8 Å². The van der Waals surface area contributed by atoms with E-state index in [9.17, 15) is 9.59 Å². The van der Waals surface area contributed by atoms with E-state index >= 15 is 0 Å². The third-order valence-corrected chi connectivity index (χ3v) is 4.57. The molecule has 28 heavy (non-hydrogen) atoms. The van der Waals surface area contributed by atoms with Crippen LogP contribution in [0.15, 0.2) is 41.2 Å². The van der Waals surface area contributed by atoms with Gasteiger partial charge in [-0.05, 0) is 29.8 Å². The Morgan fingerprint density at radius 3 is 2.93 bits per heavy atom. The van der Waals surface area contributed by atoms with Gasteiger partial charge in [0.05, 0.1) is 22.3 Å². The second kappa shape index (κ2) is 7.90. The summed E-state index contributed by atoms with van der Waals surface area (Å²) in [6.07, 6.45) is 0.375. The summed E-state index contributed by atoms with van der Waals surface area (Å²) in [4.78, 5) is 31.2. The fraction of sp³-hybridized carbons (Fsp3) is 0.250. The lowest BCUT2D eigenvalue weighted by Crippen LogP contribution is -2.16. The Balaban J connectivity index is 1.36. The van der Waals surface area contributed by atoms with Gasteiger partial charge < -0.3 is 19.2 Å². The molecular formula is C20H17ClN2O5. The Kier molecular flexibility index (Phi) is 5.16. The zero-order valence-electron chi connectivity index (χ0n) is 14.9. The minimum absolute atomic E-state index is 0.0663. The number of carbonyl (C=O) groups excluding carboxylic acids is 1. The van der Waals surface area contributed by atoms with E-state index in [1.54, 1.807) is 30.3 Å². The molecule has 0 spiro atoms. The molecule has 4 rings (SSSR count). The number of rotatable bonds is 5. The highest BCUT2D eigenvalue weighted by Crippen LogP contribution is 2.38. The molecule has 0 fully saturated rings. The summed E-state index contributed by atoms with van der Waals surface area (Å²) >= 11 is 6.18. The van der Waals surface area contributed by atoms with Gasteiger partial charge >= 0.3 is 5.97 Å². The van der Waals surface area contributed by atoms with E-state index in [1.807, 2.05) is 6.07 Å². The molecule has 2 aromatic carbocycles. The van der Waals surface area contributed by atoms with Crippen LogP contribution in [0, 0.1) is 0 Å². The molecule has 1 aromatic heterocycles. The number of esters is 1. The van der Waals surface area contributed by atoms with Crippen molar-refractivity contribution in [3.05, 3.63) is 63.2 Å². The van der Waals surface area contributed by atoms with E-state index in [0.717, 1.165) is 0 Å². The third-order valence-electron chi connectivity index (χ3n) is 4.28. The van der Waals surface area contributed by atoms with Crippen molar-refractivity contribution in [3.63, 3.8) is 0 Å². The summed E-state index contributed by atoms with van der Waals surface area (Å²) in [6, 6.07) is 10.5. The van der Waals surface area contributed by atoms with Crippen LogP contribution in [0.2, 0.25) is 5.02 Å². The molecule has 0 unspecified atom stereocenters. The molecule has 144 valence electrons. The molecule has 1 N–H and O–H groups in total. The highest BCUT2D eigenvalue weighted by Gasteiger charge is 2.17. The third kappa shape index (κ3) is 3.94. The van der Waals surface area contributed by atoms with E-state index in [-0.39, 0.29) is 25.0 Å². The van der Waals surface area contributed by atoms with Crippen LogP contribution in [0.5, 0.6) is 11.5 Å². The molecule has 3 aromatic rings. The summed E-state index contributed by atoms with van der Waals surface area (Å²) in [5, 5.41) is 0.936. The van der Waals surface area contributed by atoms with Crippen LogP contribution < -0.4 is 15.0 Å². The Labute approximate surface area is 165 Å². The molecular weight excluding hydrogens is 384 g/mol. The molecule has 1 aliphatic heterocycles. The first-order valence-electron chi connectivity index (χ1n) is 8.82. The van der Waals surface area contributed by atoms with Crippen LogP contribution in [0.4, 0.5) is 0 Å². The molecule has 1 aliphatic rings. The fourth-order valence-corrected chi connectivity index (χ4v) is 3.25. The topological polar surface area (TPSA) is 90.5 Å². The van der Waals surface area contributed by atoms with Crippen LogP contribution in [0.25, 0.3) is 10.9 Å². The minimum Gasteiger partial charge on any atom is -0.486 e. The standard InChI is InChI=1S/C20H17ClN2O5/c21-14-9-12(10-16-19(14)27-8-7-26-16)11-28-18(24)6-5-17-22-15-4-2-1-3-13(15)20(25)23-17/h1-4,9-10H,5-8,11H2,(H,22,23,25). The summed E-state index contributed by atoms with van der Waals surface area (Å²) in [6.45, 7) is 0.965. The smallest absolute Gasteiger partial charge is 0.306 e. The van der Waals surface area contributed by atoms with Crippen molar-refractivity contribution >= 4 is 28.5 Å². The first kappa shape index (κ1) is 18.3. The van der Waals surface area contributed by atoms with Crippen LogP contribution in [-0.4, -0.2) is 29.2 Å². The maximum absolute atomic E-state index is 12.1. The average Bonchev–Trinajstić information content (AvgIpc) is 2.71. The van der Waals surface area contributed by atoms with Crippen molar-refractivity contribution < 1.29 is 19.0 Å². The Morgan fingerprint density at radius 1 is 1.21 bits per heavy atom. The number of carbonyl (C=O) groups is 1. The molecule has 0 aliphatic carbocycles. The highest BCUT2D eigenvalue weighted by molar-refractivity contribution is 6.32. The number of para-hydroxylation sites is 1. The Bertz CT molecular complexity index is 1100. The number of benzene rings is 2. The number of hydrogen-bond acceptors (Lipinski definition) is 6. The minimum atomic E-state index is -0.401. The zero-order chi connectivity index (χ0) is 19.5. The van der Waals surface area contributed by atoms with Crippen molar-refractivity contribution in [2.24, 2.45) is 0 Å². The van der Waals surface area contributed by atoms with Gasteiger partial charge in [0.1, 0.15) is 25.6 Å². The first-order chi connectivity index (χ1) is 13.6. The normalized spacial score (nSPS) is 12.8. The molecule has 0 atom stereocenters. The lowest BCUT2D eigenvalue weighted by atomic mass is 10.2. The summed E-state index contributed by atoms with van der Waals surface area (Å²) in [7, 11) is 0. The van der Waals surface area contributed by atoms with Gasteiger partial charge in [0.2, 0.25) is 0 Å². The van der Waals surface area contributed by atoms with E-state index in [1.165, 1.54) is 0 Å². The number of aromatic amines is 1. The molecule has 0 amide bonds. The lowest BCUT2D eigenvalue weighted by Gasteiger charge is -2.20. The highest BCUT2D eigenvalue weighted by atomic mass is 35.5.